The molecular formula is C23H27N3O. The van der Waals surface area contributed by atoms with Crippen LogP contribution < -0.4 is 0 Å². The van der Waals surface area contributed by atoms with Crippen LogP contribution in [0.25, 0.3) is 6.08 Å². The molecule has 27 heavy (non-hydrogen) atoms. The molecule has 2 bridgehead atoms. The number of nitrogens with zero attached hydrogens (tertiary/aromatic N) is 1. The average Bonchev–Trinajstić information content (AvgIpc) is 3.41. The van der Waals surface area contributed by atoms with Gasteiger partial charge in [-0.1, -0.05) is 26.2 Å². The van der Waals surface area contributed by atoms with E-state index in [-0.39, 0.29) is 0 Å². The zero-order chi connectivity index (χ0) is 18.6. The molecule has 4 nitrogen and oxygen atoms in total. The third-order valence-corrected chi connectivity index (χ3v) is 5.73. The van der Waals surface area contributed by atoms with Crippen LogP contribution in [-0.4, -0.2) is 22.0 Å². The standard InChI is InChI=1S/C23H27N3O/c1-2-16-8-5-3-4-6-9-18-13-19(16)22(25-18)14-21-17(15-27)12-23(26-21)20-10-7-11-24-20/h7,10-16,24-25H,2-6,8-9H2,1H3/b21-14+. The molecule has 4 rings (SSSR count). The van der Waals surface area contributed by atoms with Crippen molar-refractivity contribution in [1.82, 2.24) is 9.97 Å². The van der Waals surface area contributed by atoms with E-state index in [0.29, 0.717) is 11.5 Å². The Morgan fingerprint density at radius 2 is 2.15 bits per heavy atom. The van der Waals surface area contributed by atoms with Gasteiger partial charge in [0.15, 0.2) is 6.29 Å². The first-order valence-corrected chi connectivity index (χ1v) is 10.1. The molecule has 140 valence electrons. The lowest BCUT2D eigenvalue weighted by Gasteiger charge is -2.15. The van der Waals surface area contributed by atoms with Crippen molar-refractivity contribution in [3.8, 4) is 0 Å². The van der Waals surface area contributed by atoms with E-state index >= 15 is 0 Å². The van der Waals surface area contributed by atoms with Gasteiger partial charge in [0.1, 0.15) is 0 Å². The summed E-state index contributed by atoms with van der Waals surface area (Å²) in [6, 6.07) is 6.26. The van der Waals surface area contributed by atoms with Gasteiger partial charge in [0, 0.05) is 23.2 Å². The highest BCUT2D eigenvalue weighted by atomic mass is 16.1. The van der Waals surface area contributed by atoms with E-state index in [1.165, 1.54) is 43.4 Å². The van der Waals surface area contributed by atoms with Crippen LogP contribution in [0.3, 0.4) is 0 Å². The van der Waals surface area contributed by atoms with Gasteiger partial charge >= 0.3 is 0 Å². The largest absolute Gasteiger partial charge is 0.360 e. The zero-order valence-corrected chi connectivity index (χ0v) is 15.9. The maximum atomic E-state index is 11.6. The summed E-state index contributed by atoms with van der Waals surface area (Å²) in [5.74, 6) is 0.567. The second-order valence-electron chi connectivity index (χ2n) is 7.55. The lowest BCUT2D eigenvalue weighted by Crippen LogP contribution is -1.99. The number of aromatic amines is 2. The predicted octanol–water partition coefficient (Wildman–Crippen LogP) is 5.31. The van der Waals surface area contributed by atoms with Crippen LogP contribution in [0.2, 0.25) is 0 Å². The van der Waals surface area contributed by atoms with E-state index in [9.17, 15) is 4.79 Å². The Balaban J connectivity index is 1.73. The molecule has 0 aromatic carbocycles. The lowest BCUT2D eigenvalue weighted by molar-refractivity contribution is -0.104. The van der Waals surface area contributed by atoms with Crippen LogP contribution in [0.4, 0.5) is 0 Å². The topological polar surface area (TPSA) is 61.0 Å². The van der Waals surface area contributed by atoms with Gasteiger partial charge in [0.05, 0.1) is 17.1 Å². The zero-order valence-electron chi connectivity index (χ0n) is 15.9. The fourth-order valence-corrected chi connectivity index (χ4v) is 4.20. The minimum Gasteiger partial charge on any atom is -0.360 e. The van der Waals surface area contributed by atoms with Gasteiger partial charge in [0.2, 0.25) is 0 Å². The normalized spacial score (nSPS) is 21.8. The van der Waals surface area contributed by atoms with Gasteiger partial charge in [0.25, 0.3) is 0 Å². The SMILES string of the molecule is CCC1CCCCCCc2cc1c(/C=C1/N=C(c3ccc[nH]3)C=C1C=O)[nH]2. The molecule has 0 radical (unpaired) electrons. The fourth-order valence-electron chi connectivity index (χ4n) is 4.20. The van der Waals surface area contributed by atoms with Crippen molar-refractivity contribution in [1.29, 1.82) is 0 Å². The molecule has 2 aromatic heterocycles. The number of aliphatic imine (C=N–C) groups is 1. The van der Waals surface area contributed by atoms with Crippen molar-refractivity contribution in [3.05, 3.63) is 64.4 Å². The second-order valence-corrected chi connectivity index (χ2v) is 7.55. The van der Waals surface area contributed by atoms with Crippen molar-refractivity contribution in [2.24, 2.45) is 4.99 Å². The highest BCUT2D eigenvalue weighted by Crippen LogP contribution is 2.33. The number of carbonyl (C=O) groups excluding carboxylic acids is 1. The summed E-state index contributed by atoms with van der Waals surface area (Å²) < 4.78 is 0. The van der Waals surface area contributed by atoms with Crippen LogP contribution in [0.15, 0.2) is 46.7 Å². The molecule has 1 aliphatic carbocycles. The van der Waals surface area contributed by atoms with Crippen molar-refractivity contribution >= 4 is 18.1 Å². The first kappa shape index (κ1) is 17.8. The van der Waals surface area contributed by atoms with Crippen LogP contribution in [0, 0.1) is 0 Å². The molecule has 0 spiro atoms. The molecule has 1 aliphatic heterocycles. The summed E-state index contributed by atoms with van der Waals surface area (Å²) in [6.45, 7) is 2.27. The second kappa shape index (κ2) is 7.95. The Kier molecular flexibility index (Phi) is 5.23. The number of nitrogens with one attached hydrogen (secondary N) is 2. The Morgan fingerprint density at radius 3 is 2.93 bits per heavy atom. The van der Waals surface area contributed by atoms with Gasteiger partial charge in [-0.15, -0.1) is 0 Å². The number of allylic oxidation sites excluding steroid dienone is 2. The highest BCUT2D eigenvalue weighted by Gasteiger charge is 2.20. The third-order valence-electron chi connectivity index (χ3n) is 5.73. The number of aldehydes is 1. The summed E-state index contributed by atoms with van der Waals surface area (Å²) in [5, 5.41) is 0. The van der Waals surface area contributed by atoms with Gasteiger partial charge in [-0.25, -0.2) is 4.99 Å². The van der Waals surface area contributed by atoms with Gasteiger partial charge in [-0.05, 0) is 67.5 Å². The van der Waals surface area contributed by atoms with E-state index in [1.54, 1.807) is 0 Å². The molecule has 0 amide bonds. The Hall–Kier alpha value is -2.62. The van der Waals surface area contributed by atoms with Crippen molar-refractivity contribution in [2.75, 3.05) is 0 Å². The van der Waals surface area contributed by atoms with Gasteiger partial charge < -0.3 is 9.97 Å². The highest BCUT2D eigenvalue weighted by molar-refractivity contribution is 6.14. The summed E-state index contributed by atoms with van der Waals surface area (Å²) in [4.78, 5) is 23.1. The molecule has 2 aromatic rings. The molecule has 0 saturated heterocycles. The Labute approximate surface area is 160 Å². The molecule has 4 heteroatoms. The van der Waals surface area contributed by atoms with Crippen LogP contribution in [0.5, 0.6) is 0 Å². The van der Waals surface area contributed by atoms with Gasteiger partial charge in [-0.2, -0.15) is 0 Å². The molecular weight excluding hydrogens is 334 g/mol. The molecule has 0 fully saturated rings. The van der Waals surface area contributed by atoms with Crippen LogP contribution >= 0.6 is 0 Å². The van der Waals surface area contributed by atoms with Gasteiger partial charge in [-0.3, -0.25) is 4.79 Å². The first-order chi connectivity index (χ1) is 13.3. The number of carbonyl (C=O) groups is 1. The monoisotopic (exact) mass is 361 g/mol. The molecule has 2 N–H and O–H groups in total. The summed E-state index contributed by atoms with van der Waals surface area (Å²) in [6.07, 6.45) is 15.3. The minimum absolute atomic E-state index is 0.567. The number of H-pyrrole nitrogens is 2. The maximum absolute atomic E-state index is 11.6. The Bertz CT molecular complexity index is 896. The van der Waals surface area contributed by atoms with E-state index in [1.807, 2.05) is 24.4 Å². The quantitative estimate of drug-likeness (QED) is 0.712. The molecule has 1 unspecified atom stereocenters. The fraction of sp³-hybridized carbons (Fsp3) is 0.391. The van der Waals surface area contributed by atoms with Crippen molar-refractivity contribution in [2.45, 2.75) is 57.8 Å². The van der Waals surface area contributed by atoms with E-state index in [2.05, 4.69) is 29.0 Å². The number of aryl methyl sites for hydroxylation is 1. The lowest BCUT2D eigenvalue weighted by atomic mass is 9.89. The summed E-state index contributed by atoms with van der Waals surface area (Å²) in [5.41, 5.74) is 6.94. The maximum Gasteiger partial charge on any atom is 0.152 e. The van der Waals surface area contributed by atoms with E-state index in [4.69, 9.17) is 4.99 Å². The Morgan fingerprint density at radius 1 is 1.26 bits per heavy atom. The predicted molar refractivity (Wildman–Crippen MR) is 110 cm³/mol. The first-order valence-electron chi connectivity index (χ1n) is 10.1. The molecule has 2 aliphatic rings. The van der Waals surface area contributed by atoms with Crippen molar-refractivity contribution < 1.29 is 4.79 Å². The van der Waals surface area contributed by atoms with E-state index < -0.39 is 0 Å². The smallest absolute Gasteiger partial charge is 0.152 e. The van der Waals surface area contributed by atoms with Crippen LogP contribution in [-0.2, 0) is 11.2 Å². The average molecular weight is 361 g/mol. The number of aromatic nitrogens is 2. The number of fused-ring (bicyclic) bond motifs is 2. The number of rotatable bonds is 4. The van der Waals surface area contributed by atoms with Crippen LogP contribution in [0.1, 0.15) is 74.0 Å². The van der Waals surface area contributed by atoms with E-state index in [0.717, 1.165) is 41.9 Å². The van der Waals surface area contributed by atoms with Crippen molar-refractivity contribution in [3.63, 3.8) is 0 Å². The summed E-state index contributed by atoms with van der Waals surface area (Å²) >= 11 is 0. The third kappa shape index (κ3) is 3.75. The molecule has 3 heterocycles. The molecule has 0 saturated carbocycles. The molecule has 1 atom stereocenters. The number of hydrogen-bond donors (Lipinski definition) is 2. The minimum atomic E-state index is 0.567. The number of hydrogen-bond acceptors (Lipinski definition) is 2. The summed E-state index contributed by atoms with van der Waals surface area (Å²) in [7, 11) is 0.